The summed E-state index contributed by atoms with van der Waals surface area (Å²) in [5.74, 6) is 0.0936. The van der Waals surface area contributed by atoms with Gasteiger partial charge >= 0.3 is 0 Å². The number of ether oxygens (including phenoxy) is 1. The molecule has 0 saturated heterocycles. The van der Waals surface area contributed by atoms with Crippen molar-refractivity contribution in [2.45, 2.75) is 39.3 Å². The predicted octanol–water partition coefficient (Wildman–Crippen LogP) is 4.34. The summed E-state index contributed by atoms with van der Waals surface area (Å²) >= 11 is 0. The highest BCUT2D eigenvalue weighted by molar-refractivity contribution is 5.83. The molecule has 4 heteroatoms. The van der Waals surface area contributed by atoms with Crippen LogP contribution in [0.15, 0.2) is 54.7 Å². The van der Waals surface area contributed by atoms with Crippen molar-refractivity contribution in [3.63, 3.8) is 0 Å². The van der Waals surface area contributed by atoms with E-state index in [0.29, 0.717) is 26.2 Å². The van der Waals surface area contributed by atoms with Crippen LogP contribution in [0.3, 0.4) is 0 Å². The van der Waals surface area contributed by atoms with Crippen LogP contribution in [0.2, 0.25) is 0 Å². The van der Waals surface area contributed by atoms with Gasteiger partial charge in [0.1, 0.15) is 0 Å². The maximum absolute atomic E-state index is 12.2. The van der Waals surface area contributed by atoms with Gasteiger partial charge in [0.25, 0.3) is 0 Å². The van der Waals surface area contributed by atoms with Gasteiger partial charge in [0.15, 0.2) is 0 Å². The fourth-order valence-electron chi connectivity index (χ4n) is 3.14. The Labute approximate surface area is 154 Å². The molecule has 3 aromatic rings. The van der Waals surface area contributed by atoms with E-state index in [0.717, 1.165) is 29.5 Å². The summed E-state index contributed by atoms with van der Waals surface area (Å²) in [6.07, 6.45) is 4.33. The minimum Gasteiger partial charge on any atom is -0.377 e. The number of aromatic amines is 1. The fraction of sp³-hybridized carbons (Fsp3) is 0.318. The molecule has 0 aliphatic rings. The lowest BCUT2D eigenvalue weighted by molar-refractivity contribution is -0.121. The van der Waals surface area contributed by atoms with Crippen molar-refractivity contribution in [2.75, 3.05) is 6.61 Å². The van der Waals surface area contributed by atoms with Gasteiger partial charge in [-0.3, -0.25) is 4.79 Å². The van der Waals surface area contributed by atoms with Gasteiger partial charge in [-0.15, -0.1) is 0 Å². The third-order valence-electron chi connectivity index (χ3n) is 4.58. The van der Waals surface area contributed by atoms with Crippen LogP contribution < -0.4 is 5.32 Å². The average Bonchev–Trinajstić information content (AvgIpc) is 3.08. The summed E-state index contributed by atoms with van der Waals surface area (Å²) in [7, 11) is 0. The standard InChI is InChI=1S/C22H26N2O2/c1-2-26-16-19-9-4-3-8-17(19)14-24-22(25)13-7-10-18-15-23-21-12-6-5-11-20(18)21/h3-6,8-9,11-12,15,23H,2,7,10,13-14,16H2,1H3,(H,24,25). The van der Waals surface area contributed by atoms with Crippen molar-refractivity contribution in [1.29, 1.82) is 0 Å². The Balaban J connectivity index is 1.46. The van der Waals surface area contributed by atoms with Crippen molar-refractivity contribution in [3.05, 3.63) is 71.4 Å². The molecule has 2 aromatic carbocycles. The van der Waals surface area contributed by atoms with Crippen molar-refractivity contribution in [3.8, 4) is 0 Å². The minimum absolute atomic E-state index is 0.0936. The molecule has 0 unspecified atom stereocenters. The second-order valence-electron chi connectivity index (χ2n) is 6.40. The van der Waals surface area contributed by atoms with Crippen molar-refractivity contribution in [1.82, 2.24) is 10.3 Å². The summed E-state index contributed by atoms with van der Waals surface area (Å²) in [5, 5.41) is 4.28. The first kappa shape index (κ1) is 18.2. The number of benzene rings is 2. The van der Waals surface area contributed by atoms with E-state index in [2.05, 4.69) is 22.4 Å². The molecule has 4 nitrogen and oxygen atoms in total. The molecule has 136 valence electrons. The number of carbonyl (C=O) groups excluding carboxylic acids is 1. The van der Waals surface area contributed by atoms with Gasteiger partial charge in [0, 0.05) is 36.7 Å². The molecular weight excluding hydrogens is 324 g/mol. The number of para-hydroxylation sites is 1. The molecule has 0 aliphatic carbocycles. The SMILES string of the molecule is CCOCc1ccccc1CNC(=O)CCCc1c[nH]c2ccccc12. The smallest absolute Gasteiger partial charge is 0.220 e. The number of rotatable bonds is 9. The Morgan fingerprint density at radius 2 is 1.81 bits per heavy atom. The van der Waals surface area contributed by atoms with E-state index in [1.165, 1.54) is 10.9 Å². The number of aromatic nitrogens is 1. The highest BCUT2D eigenvalue weighted by Crippen LogP contribution is 2.19. The molecule has 0 spiro atoms. The molecule has 1 aromatic heterocycles. The molecule has 0 atom stereocenters. The zero-order chi connectivity index (χ0) is 18.2. The second-order valence-corrected chi connectivity index (χ2v) is 6.40. The van der Waals surface area contributed by atoms with Gasteiger partial charge in [0.05, 0.1) is 6.61 Å². The number of fused-ring (bicyclic) bond motifs is 1. The quantitative estimate of drug-likeness (QED) is 0.603. The highest BCUT2D eigenvalue weighted by atomic mass is 16.5. The van der Waals surface area contributed by atoms with E-state index in [1.54, 1.807) is 0 Å². The van der Waals surface area contributed by atoms with Crippen LogP contribution >= 0.6 is 0 Å². The topological polar surface area (TPSA) is 54.1 Å². The summed E-state index contributed by atoms with van der Waals surface area (Å²) < 4.78 is 5.49. The Morgan fingerprint density at radius 1 is 1.04 bits per heavy atom. The molecular formula is C22H26N2O2. The molecule has 0 bridgehead atoms. The fourth-order valence-corrected chi connectivity index (χ4v) is 3.14. The molecule has 3 rings (SSSR count). The van der Waals surface area contributed by atoms with Crippen molar-refractivity contribution >= 4 is 16.8 Å². The Kier molecular flexibility index (Phi) is 6.45. The second kappa shape index (κ2) is 9.20. The molecule has 0 saturated carbocycles. The van der Waals surface area contributed by atoms with Gasteiger partial charge in [0.2, 0.25) is 5.91 Å². The maximum atomic E-state index is 12.2. The van der Waals surface area contributed by atoms with E-state index < -0.39 is 0 Å². The monoisotopic (exact) mass is 350 g/mol. The first-order chi connectivity index (χ1) is 12.8. The molecule has 1 amide bonds. The first-order valence-corrected chi connectivity index (χ1v) is 9.24. The lowest BCUT2D eigenvalue weighted by Crippen LogP contribution is -2.23. The van der Waals surface area contributed by atoms with E-state index in [-0.39, 0.29) is 5.91 Å². The Hall–Kier alpha value is -2.59. The van der Waals surface area contributed by atoms with E-state index >= 15 is 0 Å². The number of hydrogen-bond donors (Lipinski definition) is 2. The summed E-state index contributed by atoms with van der Waals surface area (Å²) in [6.45, 7) is 3.81. The van der Waals surface area contributed by atoms with Crippen molar-refractivity contribution < 1.29 is 9.53 Å². The zero-order valence-electron chi connectivity index (χ0n) is 15.3. The lowest BCUT2D eigenvalue weighted by Gasteiger charge is -2.10. The molecule has 2 N–H and O–H groups in total. The molecule has 0 aliphatic heterocycles. The van der Waals surface area contributed by atoms with Crippen LogP contribution in [0.5, 0.6) is 0 Å². The number of amides is 1. The lowest BCUT2D eigenvalue weighted by atomic mass is 10.1. The number of carbonyl (C=O) groups is 1. The number of hydrogen-bond acceptors (Lipinski definition) is 2. The van der Waals surface area contributed by atoms with Gasteiger partial charge in [-0.1, -0.05) is 42.5 Å². The summed E-state index contributed by atoms with van der Waals surface area (Å²) in [5.41, 5.74) is 4.67. The largest absolute Gasteiger partial charge is 0.377 e. The predicted molar refractivity (Wildman–Crippen MR) is 105 cm³/mol. The first-order valence-electron chi connectivity index (χ1n) is 9.24. The van der Waals surface area contributed by atoms with Crippen LogP contribution in [-0.4, -0.2) is 17.5 Å². The molecule has 26 heavy (non-hydrogen) atoms. The van der Waals surface area contributed by atoms with Crippen molar-refractivity contribution in [2.24, 2.45) is 0 Å². The van der Waals surface area contributed by atoms with Gasteiger partial charge in [-0.05, 0) is 42.5 Å². The molecule has 0 fully saturated rings. The van der Waals surface area contributed by atoms with Gasteiger partial charge in [-0.25, -0.2) is 0 Å². The Bertz CT molecular complexity index is 854. The van der Waals surface area contributed by atoms with Crippen LogP contribution in [0.4, 0.5) is 0 Å². The van der Waals surface area contributed by atoms with Gasteiger partial charge < -0.3 is 15.0 Å². The minimum atomic E-state index is 0.0936. The third-order valence-corrected chi connectivity index (χ3v) is 4.58. The van der Waals surface area contributed by atoms with Crippen LogP contribution in [-0.2, 0) is 29.1 Å². The Morgan fingerprint density at radius 3 is 2.65 bits per heavy atom. The average molecular weight is 350 g/mol. The number of aryl methyl sites for hydroxylation is 1. The highest BCUT2D eigenvalue weighted by Gasteiger charge is 2.07. The van der Waals surface area contributed by atoms with E-state index in [4.69, 9.17) is 4.74 Å². The normalized spacial score (nSPS) is 11.0. The maximum Gasteiger partial charge on any atom is 0.220 e. The molecule has 0 radical (unpaired) electrons. The molecule has 1 heterocycles. The number of nitrogens with one attached hydrogen (secondary N) is 2. The summed E-state index contributed by atoms with van der Waals surface area (Å²) in [6, 6.07) is 16.4. The number of H-pyrrole nitrogens is 1. The van der Waals surface area contributed by atoms with Crippen LogP contribution in [0, 0.1) is 0 Å². The third kappa shape index (κ3) is 4.73. The van der Waals surface area contributed by atoms with E-state index in [9.17, 15) is 4.79 Å². The van der Waals surface area contributed by atoms with E-state index in [1.807, 2.05) is 49.5 Å². The van der Waals surface area contributed by atoms with Crippen LogP contribution in [0.1, 0.15) is 36.5 Å². The zero-order valence-corrected chi connectivity index (χ0v) is 15.3. The summed E-state index contributed by atoms with van der Waals surface area (Å²) in [4.78, 5) is 15.5. The van der Waals surface area contributed by atoms with Crippen LogP contribution in [0.25, 0.3) is 10.9 Å². The van der Waals surface area contributed by atoms with Gasteiger partial charge in [-0.2, -0.15) is 0 Å².